The van der Waals surface area contributed by atoms with Crippen LogP contribution in [0.4, 0.5) is 11.4 Å². The molecular formula is C17H15ClN2O6. The number of anilines is 1. The van der Waals surface area contributed by atoms with E-state index in [1.165, 1.54) is 43.5 Å². The van der Waals surface area contributed by atoms with E-state index >= 15 is 0 Å². The van der Waals surface area contributed by atoms with Crippen molar-refractivity contribution in [3.8, 4) is 0 Å². The fourth-order valence-corrected chi connectivity index (χ4v) is 2.25. The monoisotopic (exact) mass is 378 g/mol. The number of nitro groups is 1. The Morgan fingerprint density at radius 1 is 1.15 bits per heavy atom. The number of hydrogen-bond acceptors (Lipinski definition) is 6. The van der Waals surface area contributed by atoms with E-state index < -0.39 is 16.8 Å². The van der Waals surface area contributed by atoms with Crippen LogP contribution >= 0.6 is 11.6 Å². The number of nitrogens with one attached hydrogen (secondary N) is 1. The van der Waals surface area contributed by atoms with E-state index in [2.05, 4.69) is 5.32 Å². The summed E-state index contributed by atoms with van der Waals surface area (Å²) >= 11 is 5.93. The molecule has 0 heterocycles. The third kappa shape index (κ3) is 5.01. The lowest BCUT2D eigenvalue weighted by molar-refractivity contribution is -0.384. The minimum absolute atomic E-state index is 0.0324. The number of rotatable bonds is 7. The zero-order chi connectivity index (χ0) is 19.1. The van der Waals surface area contributed by atoms with E-state index in [0.717, 1.165) is 6.07 Å². The van der Waals surface area contributed by atoms with Crippen LogP contribution < -0.4 is 5.32 Å². The topological polar surface area (TPSA) is 108 Å². The highest BCUT2D eigenvalue weighted by Crippen LogP contribution is 2.23. The fraction of sp³-hybridized carbons (Fsp3) is 0.176. The van der Waals surface area contributed by atoms with Crippen LogP contribution in [-0.2, 0) is 9.47 Å². The zero-order valence-electron chi connectivity index (χ0n) is 13.7. The number of hydrogen-bond donors (Lipinski definition) is 1. The molecule has 1 amide bonds. The first-order valence-corrected chi connectivity index (χ1v) is 7.81. The highest BCUT2D eigenvalue weighted by molar-refractivity contribution is 6.34. The van der Waals surface area contributed by atoms with Gasteiger partial charge in [0.05, 0.1) is 27.7 Å². The quantitative estimate of drug-likeness (QED) is 0.343. The van der Waals surface area contributed by atoms with Crippen molar-refractivity contribution in [2.45, 2.75) is 0 Å². The molecule has 0 aliphatic heterocycles. The van der Waals surface area contributed by atoms with Crippen LogP contribution in [0.3, 0.4) is 0 Å². The molecule has 9 heteroatoms. The van der Waals surface area contributed by atoms with Crippen LogP contribution in [0.15, 0.2) is 42.5 Å². The van der Waals surface area contributed by atoms with Gasteiger partial charge in [0, 0.05) is 24.9 Å². The second-order valence-electron chi connectivity index (χ2n) is 5.08. The largest absolute Gasteiger partial charge is 0.460 e. The van der Waals surface area contributed by atoms with Crippen LogP contribution in [0.1, 0.15) is 20.7 Å². The minimum atomic E-state index is -0.599. The smallest absolute Gasteiger partial charge is 0.338 e. The first kappa shape index (κ1) is 19.4. The molecular weight excluding hydrogens is 364 g/mol. The van der Waals surface area contributed by atoms with Gasteiger partial charge in [-0.2, -0.15) is 0 Å². The molecule has 0 aromatic heterocycles. The molecule has 8 nitrogen and oxygen atoms in total. The first-order valence-electron chi connectivity index (χ1n) is 7.44. The Morgan fingerprint density at radius 3 is 2.42 bits per heavy atom. The highest BCUT2D eigenvalue weighted by atomic mass is 35.5. The van der Waals surface area contributed by atoms with Crippen molar-refractivity contribution in [3.63, 3.8) is 0 Å². The Bertz CT molecular complexity index is 823. The summed E-state index contributed by atoms with van der Waals surface area (Å²) in [4.78, 5) is 34.1. The molecule has 0 radical (unpaired) electrons. The number of benzene rings is 2. The number of halogens is 1. The number of nitro benzene ring substituents is 1. The molecule has 0 saturated heterocycles. The number of methoxy groups -OCH3 is 1. The van der Waals surface area contributed by atoms with Gasteiger partial charge in [-0.3, -0.25) is 14.9 Å². The standard InChI is InChI=1S/C17H15ClN2O6/c1-25-8-9-26-17(22)11-2-4-12(5-3-11)19-16(21)14-7-6-13(20(23)24)10-15(14)18/h2-7,10H,8-9H2,1H3,(H,19,21). The summed E-state index contributed by atoms with van der Waals surface area (Å²) in [6, 6.07) is 9.64. The molecule has 0 aliphatic carbocycles. The summed E-state index contributed by atoms with van der Waals surface area (Å²) in [6.07, 6.45) is 0. The van der Waals surface area contributed by atoms with Crippen LogP contribution in [0.25, 0.3) is 0 Å². The molecule has 0 aliphatic rings. The van der Waals surface area contributed by atoms with E-state index in [1.807, 2.05) is 0 Å². The van der Waals surface area contributed by atoms with Crippen molar-refractivity contribution in [3.05, 3.63) is 68.7 Å². The number of non-ortho nitro benzene ring substituents is 1. The van der Waals surface area contributed by atoms with Gasteiger partial charge in [-0.15, -0.1) is 0 Å². The normalized spacial score (nSPS) is 10.2. The summed E-state index contributed by atoms with van der Waals surface area (Å²) < 4.78 is 9.77. The number of carbonyl (C=O) groups excluding carboxylic acids is 2. The Balaban J connectivity index is 2.03. The average molecular weight is 379 g/mol. The fourth-order valence-electron chi connectivity index (χ4n) is 1.99. The van der Waals surface area contributed by atoms with Gasteiger partial charge in [0.15, 0.2) is 0 Å². The predicted molar refractivity (Wildman–Crippen MR) is 94.7 cm³/mol. The molecule has 1 N–H and O–H groups in total. The predicted octanol–water partition coefficient (Wildman–Crippen LogP) is 3.30. The van der Waals surface area contributed by atoms with Gasteiger partial charge in [0.1, 0.15) is 6.61 Å². The van der Waals surface area contributed by atoms with Crippen LogP contribution in [0, 0.1) is 10.1 Å². The van der Waals surface area contributed by atoms with Crippen LogP contribution in [0.5, 0.6) is 0 Å². The van der Waals surface area contributed by atoms with E-state index in [-0.39, 0.29) is 22.9 Å². The highest BCUT2D eigenvalue weighted by Gasteiger charge is 2.15. The van der Waals surface area contributed by atoms with Crippen molar-refractivity contribution < 1.29 is 24.0 Å². The van der Waals surface area contributed by atoms with Gasteiger partial charge in [-0.1, -0.05) is 11.6 Å². The van der Waals surface area contributed by atoms with Crippen LogP contribution in [-0.4, -0.2) is 37.1 Å². The Hall–Kier alpha value is -2.97. The van der Waals surface area contributed by atoms with Gasteiger partial charge in [0.25, 0.3) is 11.6 Å². The lowest BCUT2D eigenvalue weighted by atomic mass is 10.1. The number of nitrogens with zero attached hydrogens (tertiary/aromatic N) is 1. The zero-order valence-corrected chi connectivity index (χ0v) is 14.5. The van der Waals surface area contributed by atoms with E-state index in [4.69, 9.17) is 21.1 Å². The molecule has 0 spiro atoms. The van der Waals surface area contributed by atoms with Crippen LogP contribution in [0.2, 0.25) is 5.02 Å². The van der Waals surface area contributed by atoms with Crippen molar-refractivity contribution in [2.24, 2.45) is 0 Å². The SMILES string of the molecule is COCCOC(=O)c1ccc(NC(=O)c2ccc([N+](=O)[O-])cc2Cl)cc1. The molecule has 2 rings (SSSR count). The molecule has 26 heavy (non-hydrogen) atoms. The Morgan fingerprint density at radius 2 is 1.85 bits per heavy atom. The first-order chi connectivity index (χ1) is 12.4. The Labute approximate surface area is 153 Å². The van der Waals surface area contributed by atoms with Gasteiger partial charge in [0.2, 0.25) is 0 Å². The maximum atomic E-state index is 12.2. The molecule has 0 saturated carbocycles. The third-order valence-electron chi connectivity index (χ3n) is 3.31. The summed E-state index contributed by atoms with van der Waals surface area (Å²) in [7, 11) is 1.50. The molecule has 0 unspecified atom stereocenters. The average Bonchev–Trinajstić information content (AvgIpc) is 2.62. The number of esters is 1. The second-order valence-corrected chi connectivity index (χ2v) is 5.49. The van der Waals surface area contributed by atoms with Crippen molar-refractivity contribution in [2.75, 3.05) is 25.6 Å². The van der Waals surface area contributed by atoms with Gasteiger partial charge >= 0.3 is 5.97 Å². The van der Waals surface area contributed by atoms with Gasteiger partial charge < -0.3 is 14.8 Å². The Kier molecular flexibility index (Phi) is 6.65. The minimum Gasteiger partial charge on any atom is -0.460 e. The number of ether oxygens (including phenoxy) is 2. The van der Waals surface area contributed by atoms with Gasteiger partial charge in [-0.05, 0) is 30.3 Å². The maximum Gasteiger partial charge on any atom is 0.338 e. The van der Waals surface area contributed by atoms with E-state index in [0.29, 0.717) is 17.9 Å². The summed E-state index contributed by atoms with van der Waals surface area (Å²) in [5, 5.41) is 13.3. The summed E-state index contributed by atoms with van der Waals surface area (Å²) in [5.41, 5.74) is 0.647. The molecule has 2 aromatic carbocycles. The van der Waals surface area contributed by atoms with E-state index in [9.17, 15) is 19.7 Å². The number of amides is 1. The second kappa shape index (κ2) is 8.93. The molecule has 0 bridgehead atoms. The van der Waals surface area contributed by atoms with Crippen molar-refractivity contribution >= 4 is 34.9 Å². The molecule has 136 valence electrons. The summed E-state index contributed by atoms with van der Waals surface area (Å²) in [5.74, 6) is -1.03. The lowest BCUT2D eigenvalue weighted by Gasteiger charge is -2.08. The molecule has 0 fully saturated rings. The van der Waals surface area contributed by atoms with E-state index in [1.54, 1.807) is 0 Å². The third-order valence-corrected chi connectivity index (χ3v) is 3.62. The lowest BCUT2D eigenvalue weighted by Crippen LogP contribution is -2.13. The molecule has 0 atom stereocenters. The molecule has 2 aromatic rings. The van der Waals surface area contributed by atoms with Crippen molar-refractivity contribution in [1.29, 1.82) is 0 Å². The van der Waals surface area contributed by atoms with Gasteiger partial charge in [-0.25, -0.2) is 4.79 Å². The number of carbonyl (C=O) groups is 2. The maximum absolute atomic E-state index is 12.2. The summed E-state index contributed by atoms with van der Waals surface area (Å²) in [6.45, 7) is 0.447. The van der Waals surface area contributed by atoms with Crippen molar-refractivity contribution in [1.82, 2.24) is 0 Å².